The summed E-state index contributed by atoms with van der Waals surface area (Å²) in [4.78, 5) is 2.64. The summed E-state index contributed by atoms with van der Waals surface area (Å²) in [6.45, 7) is 11.6. The molecule has 112 valence electrons. The van der Waals surface area contributed by atoms with Crippen LogP contribution in [0.3, 0.4) is 0 Å². The molecule has 1 heterocycles. The van der Waals surface area contributed by atoms with Gasteiger partial charge in [-0.25, -0.2) is 0 Å². The Kier molecular flexibility index (Phi) is 6.06. The van der Waals surface area contributed by atoms with E-state index < -0.39 is 0 Å². The van der Waals surface area contributed by atoms with Crippen molar-refractivity contribution in [2.75, 3.05) is 26.2 Å². The Morgan fingerprint density at radius 1 is 1.20 bits per heavy atom. The Morgan fingerprint density at radius 3 is 2.60 bits per heavy atom. The zero-order valence-corrected chi connectivity index (χ0v) is 13.3. The molecule has 1 aromatic carbocycles. The van der Waals surface area contributed by atoms with Crippen molar-refractivity contribution in [3.05, 3.63) is 35.9 Å². The van der Waals surface area contributed by atoms with Crippen LogP contribution in [0.2, 0.25) is 0 Å². The molecule has 1 aliphatic rings. The molecule has 0 aliphatic carbocycles. The first kappa shape index (κ1) is 15.5. The Morgan fingerprint density at radius 2 is 1.95 bits per heavy atom. The molecule has 2 atom stereocenters. The van der Waals surface area contributed by atoms with Crippen LogP contribution in [0.15, 0.2) is 30.3 Å². The number of hydrogen-bond donors (Lipinski definition) is 1. The lowest BCUT2D eigenvalue weighted by molar-refractivity contribution is 0.169. The molecule has 1 fully saturated rings. The highest BCUT2D eigenvalue weighted by atomic mass is 15.2. The van der Waals surface area contributed by atoms with E-state index in [0.717, 1.165) is 12.5 Å². The first-order chi connectivity index (χ1) is 9.69. The van der Waals surface area contributed by atoms with Gasteiger partial charge in [0.2, 0.25) is 0 Å². The predicted molar refractivity (Wildman–Crippen MR) is 87.2 cm³/mol. The molecular weight excluding hydrogens is 244 g/mol. The van der Waals surface area contributed by atoms with Gasteiger partial charge >= 0.3 is 0 Å². The number of nitrogens with zero attached hydrogens (tertiary/aromatic N) is 1. The lowest BCUT2D eigenvalue weighted by atomic mass is 9.88. The molecule has 2 rings (SSSR count). The Balaban J connectivity index is 2.00. The highest BCUT2D eigenvalue weighted by Gasteiger charge is 2.27. The highest BCUT2D eigenvalue weighted by molar-refractivity contribution is 5.21. The van der Waals surface area contributed by atoms with Gasteiger partial charge in [-0.15, -0.1) is 0 Å². The van der Waals surface area contributed by atoms with Crippen molar-refractivity contribution < 1.29 is 0 Å². The van der Waals surface area contributed by atoms with Crippen molar-refractivity contribution in [3.8, 4) is 0 Å². The second kappa shape index (κ2) is 7.80. The maximum Gasteiger partial charge on any atom is 0.0201 e. The van der Waals surface area contributed by atoms with Crippen LogP contribution < -0.4 is 5.32 Å². The van der Waals surface area contributed by atoms with Gasteiger partial charge in [0.25, 0.3) is 0 Å². The van der Waals surface area contributed by atoms with Crippen LogP contribution in [0.4, 0.5) is 0 Å². The zero-order valence-electron chi connectivity index (χ0n) is 13.3. The first-order valence-corrected chi connectivity index (χ1v) is 8.19. The fraction of sp³-hybridized carbons (Fsp3) is 0.667. The minimum atomic E-state index is 0.642. The standard InChI is InChI=1S/C18H30N2/c1-4-10-20-13-17(16-8-6-5-7-9-16)11-18(14-20)19-12-15(2)3/h5-9,15,17-19H,4,10-14H2,1-3H3. The predicted octanol–water partition coefficient (Wildman–Crippen LogP) is 3.50. The van der Waals surface area contributed by atoms with Crippen molar-refractivity contribution in [1.82, 2.24) is 10.2 Å². The quantitative estimate of drug-likeness (QED) is 0.854. The first-order valence-electron chi connectivity index (χ1n) is 8.19. The number of benzene rings is 1. The molecule has 2 unspecified atom stereocenters. The summed E-state index contributed by atoms with van der Waals surface area (Å²) in [5, 5.41) is 3.77. The van der Waals surface area contributed by atoms with E-state index in [1.165, 1.54) is 38.0 Å². The summed E-state index contributed by atoms with van der Waals surface area (Å²) in [6.07, 6.45) is 2.52. The minimum Gasteiger partial charge on any atom is -0.312 e. The van der Waals surface area contributed by atoms with Gasteiger partial charge in [-0.1, -0.05) is 51.1 Å². The molecule has 1 aliphatic heterocycles. The Labute approximate surface area is 124 Å². The third-order valence-corrected chi connectivity index (χ3v) is 4.15. The summed E-state index contributed by atoms with van der Waals surface area (Å²) in [6, 6.07) is 11.7. The number of piperidine rings is 1. The summed E-state index contributed by atoms with van der Waals surface area (Å²) < 4.78 is 0. The van der Waals surface area contributed by atoms with Gasteiger partial charge in [0, 0.05) is 19.1 Å². The van der Waals surface area contributed by atoms with Gasteiger partial charge in [-0.05, 0) is 43.3 Å². The molecule has 0 aromatic heterocycles. The van der Waals surface area contributed by atoms with E-state index in [1.807, 2.05) is 0 Å². The van der Waals surface area contributed by atoms with Crippen LogP contribution >= 0.6 is 0 Å². The average Bonchev–Trinajstić information content (AvgIpc) is 2.46. The van der Waals surface area contributed by atoms with E-state index in [2.05, 4.69) is 61.3 Å². The van der Waals surface area contributed by atoms with E-state index in [-0.39, 0.29) is 0 Å². The van der Waals surface area contributed by atoms with Crippen LogP contribution in [0.5, 0.6) is 0 Å². The lowest BCUT2D eigenvalue weighted by Gasteiger charge is -2.38. The van der Waals surface area contributed by atoms with Gasteiger partial charge in [-0.2, -0.15) is 0 Å². The summed E-state index contributed by atoms with van der Waals surface area (Å²) in [5.74, 6) is 1.41. The molecule has 0 amide bonds. The molecule has 0 saturated carbocycles. The average molecular weight is 274 g/mol. The number of likely N-dealkylation sites (tertiary alicyclic amines) is 1. The monoisotopic (exact) mass is 274 g/mol. The van der Waals surface area contributed by atoms with E-state index in [4.69, 9.17) is 0 Å². The Hall–Kier alpha value is -0.860. The van der Waals surface area contributed by atoms with E-state index in [1.54, 1.807) is 0 Å². The van der Waals surface area contributed by atoms with Gasteiger partial charge in [0.1, 0.15) is 0 Å². The summed E-state index contributed by atoms with van der Waals surface area (Å²) in [7, 11) is 0. The SMILES string of the molecule is CCCN1CC(NCC(C)C)CC(c2ccccc2)C1. The fourth-order valence-corrected chi connectivity index (χ4v) is 3.21. The molecule has 0 spiro atoms. The van der Waals surface area contributed by atoms with Crippen LogP contribution in [0, 0.1) is 5.92 Å². The number of rotatable bonds is 6. The molecule has 1 aromatic rings. The highest BCUT2D eigenvalue weighted by Crippen LogP contribution is 2.27. The van der Waals surface area contributed by atoms with Gasteiger partial charge < -0.3 is 10.2 Å². The zero-order chi connectivity index (χ0) is 14.4. The largest absolute Gasteiger partial charge is 0.312 e. The maximum atomic E-state index is 3.77. The second-order valence-corrected chi connectivity index (χ2v) is 6.60. The molecular formula is C18H30N2. The summed E-state index contributed by atoms with van der Waals surface area (Å²) >= 11 is 0. The Bertz CT molecular complexity index is 374. The van der Waals surface area contributed by atoms with Crippen LogP contribution in [0.25, 0.3) is 0 Å². The van der Waals surface area contributed by atoms with Crippen LogP contribution in [-0.4, -0.2) is 37.1 Å². The van der Waals surface area contributed by atoms with Crippen molar-refractivity contribution in [3.63, 3.8) is 0 Å². The van der Waals surface area contributed by atoms with E-state index in [9.17, 15) is 0 Å². The van der Waals surface area contributed by atoms with Gasteiger partial charge in [-0.3, -0.25) is 0 Å². The molecule has 1 saturated heterocycles. The number of nitrogens with one attached hydrogen (secondary N) is 1. The lowest BCUT2D eigenvalue weighted by Crippen LogP contribution is -2.49. The second-order valence-electron chi connectivity index (χ2n) is 6.60. The van der Waals surface area contributed by atoms with Crippen molar-refractivity contribution in [2.24, 2.45) is 5.92 Å². The summed E-state index contributed by atoms with van der Waals surface area (Å²) in [5.41, 5.74) is 1.50. The van der Waals surface area contributed by atoms with Gasteiger partial charge in [0.15, 0.2) is 0 Å². The van der Waals surface area contributed by atoms with Gasteiger partial charge in [0.05, 0.1) is 0 Å². The van der Waals surface area contributed by atoms with Crippen molar-refractivity contribution in [1.29, 1.82) is 0 Å². The van der Waals surface area contributed by atoms with E-state index >= 15 is 0 Å². The molecule has 20 heavy (non-hydrogen) atoms. The molecule has 2 heteroatoms. The third-order valence-electron chi connectivity index (χ3n) is 4.15. The van der Waals surface area contributed by atoms with Crippen molar-refractivity contribution >= 4 is 0 Å². The molecule has 1 N–H and O–H groups in total. The normalized spacial score (nSPS) is 24.2. The van der Waals surface area contributed by atoms with E-state index in [0.29, 0.717) is 12.0 Å². The topological polar surface area (TPSA) is 15.3 Å². The van der Waals surface area contributed by atoms with Crippen LogP contribution in [0.1, 0.15) is 45.1 Å². The third kappa shape index (κ3) is 4.60. The molecule has 2 nitrogen and oxygen atoms in total. The smallest absolute Gasteiger partial charge is 0.0201 e. The van der Waals surface area contributed by atoms with Crippen LogP contribution in [-0.2, 0) is 0 Å². The fourth-order valence-electron chi connectivity index (χ4n) is 3.21. The molecule has 0 radical (unpaired) electrons. The van der Waals surface area contributed by atoms with Crippen molar-refractivity contribution in [2.45, 2.75) is 45.6 Å². The number of hydrogen-bond acceptors (Lipinski definition) is 2. The maximum absolute atomic E-state index is 3.77. The minimum absolute atomic E-state index is 0.642. The molecule has 0 bridgehead atoms.